The highest BCUT2D eigenvalue weighted by Gasteiger charge is 2.23. The minimum Gasteiger partial charge on any atom is -0.454 e. The van der Waals surface area contributed by atoms with Gasteiger partial charge in [0.15, 0.2) is 11.5 Å². The summed E-state index contributed by atoms with van der Waals surface area (Å²) in [7, 11) is 1.62. The summed E-state index contributed by atoms with van der Waals surface area (Å²) in [5.74, 6) is 1.64. The summed E-state index contributed by atoms with van der Waals surface area (Å²) in [5, 5.41) is 1.99. The van der Waals surface area contributed by atoms with Crippen molar-refractivity contribution in [2.45, 2.75) is 32.4 Å². The number of rotatable bonds is 13. The van der Waals surface area contributed by atoms with E-state index >= 15 is 0 Å². The molecule has 0 unspecified atom stereocenters. The summed E-state index contributed by atoms with van der Waals surface area (Å²) < 4.78 is 16.0. The highest BCUT2D eigenvalue weighted by Crippen LogP contribution is 2.33. The third-order valence-corrected chi connectivity index (χ3v) is 6.20. The lowest BCUT2D eigenvalue weighted by molar-refractivity contribution is -0.141. The second-order valence-corrected chi connectivity index (χ2v) is 8.88. The molecule has 0 fully saturated rings. The number of thiophene rings is 1. The number of halogens is 1. The highest BCUT2D eigenvalue weighted by atomic mass is 35.5. The lowest BCUT2D eigenvalue weighted by Crippen LogP contribution is -2.43. The van der Waals surface area contributed by atoms with Gasteiger partial charge in [-0.05, 0) is 42.0 Å². The van der Waals surface area contributed by atoms with Gasteiger partial charge in [-0.3, -0.25) is 9.59 Å². The topological polar surface area (TPSA) is 68.3 Å². The van der Waals surface area contributed by atoms with Gasteiger partial charge in [-0.2, -0.15) is 0 Å². The van der Waals surface area contributed by atoms with Crippen LogP contribution in [0, 0.1) is 0 Å². The van der Waals surface area contributed by atoms with Gasteiger partial charge < -0.3 is 24.0 Å². The van der Waals surface area contributed by atoms with Crippen molar-refractivity contribution in [1.82, 2.24) is 9.80 Å². The van der Waals surface area contributed by atoms with E-state index in [-0.39, 0.29) is 25.2 Å². The summed E-state index contributed by atoms with van der Waals surface area (Å²) >= 11 is 7.36. The predicted octanol–water partition coefficient (Wildman–Crippen LogP) is 3.89. The summed E-state index contributed by atoms with van der Waals surface area (Å²) in [4.78, 5) is 30.5. The van der Waals surface area contributed by atoms with E-state index in [9.17, 15) is 9.59 Å². The fourth-order valence-electron chi connectivity index (χ4n) is 3.41. The number of hydrogen-bond acceptors (Lipinski definition) is 6. The fourth-order valence-corrected chi connectivity index (χ4v) is 4.27. The Kier molecular flexibility index (Phi) is 9.64. The Morgan fingerprint density at radius 3 is 2.69 bits per heavy atom. The average Bonchev–Trinajstić information content (AvgIpc) is 3.48. The van der Waals surface area contributed by atoms with Crippen LogP contribution in [-0.4, -0.2) is 61.1 Å². The van der Waals surface area contributed by atoms with Crippen LogP contribution in [0.5, 0.6) is 11.5 Å². The number of carbonyl (C=O) groups is 2. The van der Waals surface area contributed by atoms with E-state index in [2.05, 4.69) is 0 Å². The van der Waals surface area contributed by atoms with E-state index in [1.807, 2.05) is 35.7 Å². The van der Waals surface area contributed by atoms with Crippen LogP contribution in [0.15, 0.2) is 35.7 Å². The van der Waals surface area contributed by atoms with E-state index in [1.54, 1.807) is 28.2 Å². The zero-order valence-corrected chi connectivity index (χ0v) is 19.8. The van der Waals surface area contributed by atoms with E-state index in [0.29, 0.717) is 62.9 Å². The molecular formula is C23H29ClN2O5S. The molecule has 0 saturated heterocycles. The van der Waals surface area contributed by atoms with E-state index in [0.717, 1.165) is 10.4 Å². The Labute approximate surface area is 197 Å². The van der Waals surface area contributed by atoms with Gasteiger partial charge in [-0.1, -0.05) is 12.1 Å². The van der Waals surface area contributed by atoms with E-state index in [1.165, 1.54) is 0 Å². The predicted molar refractivity (Wildman–Crippen MR) is 124 cm³/mol. The lowest BCUT2D eigenvalue weighted by Gasteiger charge is -2.28. The van der Waals surface area contributed by atoms with Crippen LogP contribution in [0.25, 0.3) is 0 Å². The number of hydrogen-bond donors (Lipinski definition) is 0. The van der Waals surface area contributed by atoms with Crippen molar-refractivity contribution < 1.29 is 23.8 Å². The van der Waals surface area contributed by atoms with Crippen molar-refractivity contribution in [3.05, 3.63) is 46.2 Å². The van der Waals surface area contributed by atoms with E-state index in [4.69, 9.17) is 25.8 Å². The first-order chi connectivity index (χ1) is 15.6. The van der Waals surface area contributed by atoms with Gasteiger partial charge in [0.25, 0.3) is 0 Å². The zero-order chi connectivity index (χ0) is 22.8. The number of carbonyl (C=O) groups excluding carboxylic acids is 2. The van der Waals surface area contributed by atoms with Gasteiger partial charge in [0, 0.05) is 44.0 Å². The van der Waals surface area contributed by atoms with Crippen molar-refractivity contribution in [2.75, 3.05) is 39.5 Å². The molecule has 0 radical (unpaired) electrons. The summed E-state index contributed by atoms with van der Waals surface area (Å²) in [6.45, 7) is 2.13. The molecule has 0 spiro atoms. The van der Waals surface area contributed by atoms with Gasteiger partial charge in [0.2, 0.25) is 18.6 Å². The van der Waals surface area contributed by atoms with Gasteiger partial charge in [-0.15, -0.1) is 22.9 Å². The monoisotopic (exact) mass is 480 g/mol. The second kappa shape index (κ2) is 12.7. The molecule has 2 amide bonds. The molecule has 32 heavy (non-hydrogen) atoms. The molecule has 2 aromatic rings. The highest BCUT2D eigenvalue weighted by molar-refractivity contribution is 7.09. The normalized spacial score (nSPS) is 12.1. The zero-order valence-electron chi connectivity index (χ0n) is 18.3. The standard InChI is InChI=1S/C23H29ClN2O5S/c1-29-11-4-10-25(22(27)6-2-9-24)16-23(28)26(15-19-5-3-12-32-19)14-18-7-8-20-21(13-18)31-17-30-20/h3,5,7-8,12-13H,2,4,6,9-11,14-17H2,1H3. The maximum absolute atomic E-state index is 13.4. The molecule has 9 heteroatoms. The average molecular weight is 481 g/mol. The minimum absolute atomic E-state index is 0.0285. The molecule has 0 bridgehead atoms. The van der Waals surface area contributed by atoms with Crippen molar-refractivity contribution >= 4 is 34.8 Å². The number of benzene rings is 1. The van der Waals surface area contributed by atoms with Crippen LogP contribution in [0.4, 0.5) is 0 Å². The van der Waals surface area contributed by atoms with Crippen LogP contribution in [0.1, 0.15) is 29.7 Å². The third kappa shape index (κ3) is 7.12. The molecule has 2 heterocycles. The Morgan fingerprint density at radius 2 is 1.94 bits per heavy atom. The number of ether oxygens (including phenoxy) is 3. The Hall–Kier alpha value is -2.29. The molecule has 174 valence electrons. The number of methoxy groups -OCH3 is 1. The molecule has 0 saturated carbocycles. The van der Waals surface area contributed by atoms with Gasteiger partial charge in [-0.25, -0.2) is 0 Å². The summed E-state index contributed by atoms with van der Waals surface area (Å²) in [5.41, 5.74) is 0.943. The lowest BCUT2D eigenvalue weighted by atomic mass is 10.1. The largest absolute Gasteiger partial charge is 0.454 e. The number of fused-ring (bicyclic) bond motifs is 1. The molecule has 1 aromatic heterocycles. The van der Waals surface area contributed by atoms with Crippen molar-refractivity contribution in [3.63, 3.8) is 0 Å². The molecule has 7 nitrogen and oxygen atoms in total. The third-order valence-electron chi connectivity index (χ3n) is 5.07. The SMILES string of the molecule is COCCCN(CC(=O)N(Cc1ccc2c(c1)OCO2)Cc1cccs1)C(=O)CCCCl. The molecule has 0 N–H and O–H groups in total. The number of nitrogens with zero attached hydrogens (tertiary/aromatic N) is 2. The maximum Gasteiger partial charge on any atom is 0.242 e. The molecule has 1 aliphatic rings. The summed E-state index contributed by atoms with van der Waals surface area (Å²) in [6.07, 6.45) is 1.59. The van der Waals surface area contributed by atoms with E-state index < -0.39 is 0 Å². The fraction of sp³-hybridized carbons (Fsp3) is 0.478. The molecule has 1 aliphatic heterocycles. The van der Waals surface area contributed by atoms with Gasteiger partial charge in [0.05, 0.1) is 13.1 Å². The van der Waals surface area contributed by atoms with Crippen LogP contribution >= 0.6 is 22.9 Å². The van der Waals surface area contributed by atoms with Gasteiger partial charge in [0.1, 0.15) is 0 Å². The van der Waals surface area contributed by atoms with Crippen molar-refractivity contribution in [2.24, 2.45) is 0 Å². The van der Waals surface area contributed by atoms with Crippen molar-refractivity contribution in [3.8, 4) is 11.5 Å². The van der Waals surface area contributed by atoms with Crippen LogP contribution < -0.4 is 9.47 Å². The first kappa shape index (κ1) is 24.4. The van der Waals surface area contributed by atoms with Gasteiger partial charge >= 0.3 is 0 Å². The second-order valence-electron chi connectivity index (χ2n) is 7.47. The van der Waals surface area contributed by atoms with Crippen molar-refractivity contribution in [1.29, 1.82) is 0 Å². The minimum atomic E-state index is -0.104. The van der Waals surface area contributed by atoms with Crippen LogP contribution in [-0.2, 0) is 27.4 Å². The first-order valence-electron chi connectivity index (χ1n) is 10.6. The smallest absolute Gasteiger partial charge is 0.242 e. The Bertz CT molecular complexity index is 877. The molecule has 1 aromatic carbocycles. The maximum atomic E-state index is 13.4. The quantitative estimate of drug-likeness (QED) is 0.321. The summed E-state index contributed by atoms with van der Waals surface area (Å²) in [6, 6.07) is 9.67. The number of alkyl halides is 1. The first-order valence-corrected chi connectivity index (χ1v) is 12.0. The molecule has 3 rings (SSSR count). The van der Waals surface area contributed by atoms with Crippen LogP contribution in [0.3, 0.4) is 0 Å². The molecule has 0 atom stereocenters. The molecule has 0 aliphatic carbocycles. The number of amides is 2. The Morgan fingerprint density at radius 1 is 1.09 bits per heavy atom. The van der Waals surface area contributed by atoms with Crippen LogP contribution in [0.2, 0.25) is 0 Å². The Balaban J connectivity index is 1.72. The molecular weight excluding hydrogens is 452 g/mol.